The molecule has 0 aromatic heterocycles. The highest BCUT2D eigenvalue weighted by Crippen LogP contribution is 2.32. The van der Waals surface area contributed by atoms with Crippen molar-refractivity contribution in [2.45, 2.75) is 25.9 Å². The molecular formula is C21H22N2O3. The fourth-order valence-electron chi connectivity index (χ4n) is 3.11. The van der Waals surface area contributed by atoms with Gasteiger partial charge in [-0.3, -0.25) is 9.59 Å². The molecule has 1 N–H and O–H groups in total. The monoisotopic (exact) mass is 350 g/mol. The number of carbonyl (C=O) groups is 2. The van der Waals surface area contributed by atoms with Crippen molar-refractivity contribution in [2.24, 2.45) is 0 Å². The highest BCUT2D eigenvalue weighted by Gasteiger charge is 2.27. The van der Waals surface area contributed by atoms with Crippen molar-refractivity contribution in [1.29, 1.82) is 0 Å². The molecule has 1 atom stereocenters. The minimum atomic E-state index is -0.287. The van der Waals surface area contributed by atoms with Crippen LogP contribution in [0.3, 0.4) is 0 Å². The Labute approximate surface area is 153 Å². The Morgan fingerprint density at radius 1 is 1.12 bits per heavy atom. The second kappa shape index (κ2) is 7.87. The van der Waals surface area contributed by atoms with Crippen LogP contribution in [0.2, 0.25) is 0 Å². The Bertz CT molecular complexity index is 827. The maximum atomic E-state index is 12.5. The Morgan fingerprint density at radius 3 is 2.54 bits per heavy atom. The van der Waals surface area contributed by atoms with Gasteiger partial charge in [-0.2, -0.15) is 0 Å². The molecule has 0 spiro atoms. The molecule has 0 radical (unpaired) electrons. The van der Waals surface area contributed by atoms with Gasteiger partial charge in [0.1, 0.15) is 5.75 Å². The van der Waals surface area contributed by atoms with E-state index in [2.05, 4.69) is 5.32 Å². The molecule has 3 rings (SSSR count). The van der Waals surface area contributed by atoms with Gasteiger partial charge in [-0.05, 0) is 34.9 Å². The standard InChI is InChI=1S/C21H22N2O3/c1-15(24)23-12-11-17-5-3-4-6-19(17)20(23)13-21(25)22-14-16-7-9-18(26-2)10-8-16/h3-12,20H,13-14H2,1-2H3,(H,22,25)/t20-/m0/s1. The van der Waals surface area contributed by atoms with Crippen LogP contribution in [0.1, 0.15) is 36.1 Å². The lowest BCUT2D eigenvalue weighted by Crippen LogP contribution is -2.35. The van der Waals surface area contributed by atoms with Crippen LogP contribution in [0, 0.1) is 0 Å². The van der Waals surface area contributed by atoms with Gasteiger partial charge < -0.3 is 15.0 Å². The van der Waals surface area contributed by atoms with E-state index in [1.807, 2.05) is 54.6 Å². The summed E-state index contributed by atoms with van der Waals surface area (Å²) in [6, 6.07) is 15.1. The summed E-state index contributed by atoms with van der Waals surface area (Å²) in [5.41, 5.74) is 3.02. The zero-order valence-electron chi connectivity index (χ0n) is 14.9. The molecule has 0 saturated heterocycles. The minimum Gasteiger partial charge on any atom is -0.497 e. The number of hydrogen-bond acceptors (Lipinski definition) is 3. The summed E-state index contributed by atoms with van der Waals surface area (Å²) in [4.78, 5) is 26.1. The fourth-order valence-corrected chi connectivity index (χ4v) is 3.11. The average molecular weight is 350 g/mol. The van der Waals surface area contributed by atoms with Crippen LogP contribution in [0.25, 0.3) is 6.08 Å². The molecule has 0 saturated carbocycles. The molecule has 0 fully saturated rings. The number of fused-ring (bicyclic) bond motifs is 1. The van der Waals surface area contributed by atoms with Gasteiger partial charge in [0.25, 0.3) is 0 Å². The fraction of sp³-hybridized carbons (Fsp3) is 0.238. The van der Waals surface area contributed by atoms with E-state index >= 15 is 0 Å². The summed E-state index contributed by atoms with van der Waals surface area (Å²) in [5.74, 6) is 0.605. The average Bonchev–Trinajstić information content (AvgIpc) is 2.66. The molecule has 0 bridgehead atoms. The molecule has 5 heteroatoms. The van der Waals surface area contributed by atoms with Gasteiger partial charge in [-0.1, -0.05) is 36.4 Å². The topological polar surface area (TPSA) is 58.6 Å². The van der Waals surface area contributed by atoms with Gasteiger partial charge in [-0.15, -0.1) is 0 Å². The SMILES string of the molecule is COc1ccc(CNC(=O)C[C@H]2c3ccccc3C=CN2C(C)=O)cc1. The highest BCUT2D eigenvalue weighted by molar-refractivity contribution is 5.81. The summed E-state index contributed by atoms with van der Waals surface area (Å²) in [7, 11) is 1.62. The van der Waals surface area contributed by atoms with Crippen LogP contribution in [-0.4, -0.2) is 23.8 Å². The first kappa shape index (κ1) is 17.7. The Kier molecular flexibility index (Phi) is 5.37. The zero-order chi connectivity index (χ0) is 18.5. The summed E-state index contributed by atoms with van der Waals surface area (Å²) < 4.78 is 5.13. The van der Waals surface area contributed by atoms with E-state index < -0.39 is 0 Å². The normalized spacial score (nSPS) is 15.3. The van der Waals surface area contributed by atoms with Crippen LogP contribution < -0.4 is 10.1 Å². The van der Waals surface area contributed by atoms with Crippen molar-refractivity contribution in [3.63, 3.8) is 0 Å². The molecule has 1 heterocycles. The third-order valence-corrected chi connectivity index (χ3v) is 4.50. The van der Waals surface area contributed by atoms with Gasteiger partial charge in [-0.25, -0.2) is 0 Å². The maximum absolute atomic E-state index is 12.5. The third kappa shape index (κ3) is 3.94. The smallest absolute Gasteiger partial charge is 0.223 e. The number of nitrogens with one attached hydrogen (secondary N) is 1. The Morgan fingerprint density at radius 2 is 1.85 bits per heavy atom. The van der Waals surface area contributed by atoms with Crippen LogP contribution in [0.4, 0.5) is 0 Å². The lowest BCUT2D eigenvalue weighted by atomic mass is 9.93. The number of methoxy groups -OCH3 is 1. The van der Waals surface area contributed by atoms with Crippen molar-refractivity contribution >= 4 is 17.9 Å². The molecule has 2 amide bonds. The second-order valence-electron chi connectivity index (χ2n) is 6.22. The van der Waals surface area contributed by atoms with E-state index in [1.54, 1.807) is 18.2 Å². The number of amides is 2. The third-order valence-electron chi connectivity index (χ3n) is 4.50. The van der Waals surface area contributed by atoms with E-state index in [0.717, 1.165) is 22.4 Å². The van der Waals surface area contributed by atoms with E-state index in [4.69, 9.17) is 4.74 Å². The number of nitrogens with zero attached hydrogens (tertiary/aromatic N) is 1. The number of rotatable bonds is 5. The molecule has 1 aliphatic heterocycles. The summed E-state index contributed by atoms with van der Waals surface area (Å²) in [6.45, 7) is 1.95. The number of benzene rings is 2. The van der Waals surface area contributed by atoms with Crippen molar-refractivity contribution < 1.29 is 14.3 Å². The van der Waals surface area contributed by atoms with Crippen molar-refractivity contribution in [1.82, 2.24) is 10.2 Å². The van der Waals surface area contributed by atoms with Gasteiger partial charge >= 0.3 is 0 Å². The lowest BCUT2D eigenvalue weighted by Gasteiger charge is -2.32. The van der Waals surface area contributed by atoms with Gasteiger partial charge in [0.15, 0.2) is 0 Å². The molecule has 134 valence electrons. The summed E-state index contributed by atoms with van der Waals surface area (Å²) >= 11 is 0. The van der Waals surface area contributed by atoms with Gasteiger partial charge in [0.2, 0.25) is 11.8 Å². The van der Waals surface area contributed by atoms with Crippen LogP contribution in [0.5, 0.6) is 5.75 Å². The van der Waals surface area contributed by atoms with Crippen molar-refractivity contribution in [3.05, 3.63) is 71.4 Å². The number of hydrogen-bond donors (Lipinski definition) is 1. The van der Waals surface area contributed by atoms with Crippen molar-refractivity contribution in [2.75, 3.05) is 7.11 Å². The molecule has 2 aromatic rings. The first-order valence-corrected chi connectivity index (χ1v) is 8.54. The molecule has 5 nitrogen and oxygen atoms in total. The first-order valence-electron chi connectivity index (χ1n) is 8.54. The zero-order valence-corrected chi connectivity index (χ0v) is 14.9. The van der Waals surface area contributed by atoms with E-state index in [1.165, 1.54) is 6.92 Å². The Balaban J connectivity index is 1.68. The van der Waals surface area contributed by atoms with Gasteiger partial charge in [0, 0.05) is 19.7 Å². The molecule has 0 unspecified atom stereocenters. The van der Waals surface area contributed by atoms with Gasteiger partial charge in [0.05, 0.1) is 19.6 Å². The van der Waals surface area contributed by atoms with E-state index in [9.17, 15) is 9.59 Å². The second-order valence-corrected chi connectivity index (χ2v) is 6.22. The quantitative estimate of drug-likeness (QED) is 0.900. The van der Waals surface area contributed by atoms with Crippen LogP contribution >= 0.6 is 0 Å². The van der Waals surface area contributed by atoms with E-state index in [-0.39, 0.29) is 24.3 Å². The number of carbonyl (C=O) groups excluding carboxylic acids is 2. The van der Waals surface area contributed by atoms with E-state index in [0.29, 0.717) is 6.54 Å². The van der Waals surface area contributed by atoms with Crippen LogP contribution in [0.15, 0.2) is 54.7 Å². The maximum Gasteiger partial charge on any atom is 0.223 e. The van der Waals surface area contributed by atoms with Crippen molar-refractivity contribution in [3.8, 4) is 5.75 Å². The van der Waals surface area contributed by atoms with Crippen LogP contribution in [-0.2, 0) is 16.1 Å². The number of ether oxygens (including phenoxy) is 1. The molecule has 0 aliphatic carbocycles. The molecule has 26 heavy (non-hydrogen) atoms. The highest BCUT2D eigenvalue weighted by atomic mass is 16.5. The first-order chi connectivity index (χ1) is 12.6. The lowest BCUT2D eigenvalue weighted by molar-refractivity contribution is -0.130. The molecule has 1 aliphatic rings. The predicted octanol–water partition coefficient (Wildman–Crippen LogP) is 3.28. The molecular weight excluding hydrogens is 328 g/mol. The summed E-state index contributed by atoms with van der Waals surface area (Å²) in [5, 5.41) is 2.93. The predicted molar refractivity (Wildman–Crippen MR) is 100 cm³/mol. The minimum absolute atomic E-state index is 0.0799. The largest absolute Gasteiger partial charge is 0.497 e. The Hall–Kier alpha value is -3.08. The molecule has 2 aromatic carbocycles. The summed E-state index contributed by atoms with van der Waals surface area (Å²) in [6.07, 6.45) is 3.88.